The van der Waals surface area contributed by atoms with Crippen LogP contribution in [0.4, 0.5) is 0 Å². The summed E-state index contributed by atoms with van der Waals surface area (Å²) in [6, 6.07) is 6.12. The van der Waals surface area contributed by atoms with E-state index in [1.165, 1.54) is 11.1 Å². The highest BCUT2D eigenvalue weighted by atomic mass is 16.5. The topological polar surface area (TPSA) is 47.4 Å². The second kappa shape index (κ2) is 6.86. The molecule has 5 heteroatoms. The molecule has 0 spiro atoms. The Morgan fingerprint density at radius 2 is 1.78 bits per heavy atom. The summed E-state index contributed by atoms with van der Waals surface area (Å²) in [5.41, 5.74) is 4.67. The highest BCUT2D eigenvalue weighted by Gasteiger charge is 2.20. The third kappa shape index (κ3) is 3.92. The number of aromatic nitrogens is 2. The van der Waals surface area contributed by atoms with Gasteiger partial charge in [0, 0.05) is 19.8 Å². The van der Waals surface area contributed by atoms with Gasteiger partial charge in [0.1, 0.15) is 12.4 Å². The Bertz CT molecular complexity index is 699. The highest BCUT2D eigenvalue weighted by Crippen LogP contribution is 2.17. The smallest absolute Gasteiger partial charge is 0.257 e. The van der Waals surface area contributed by atoms with Crippen LogP contribution in [0.15, 0.2) is 18.2 Å². The normalized spacial score (nSPS) is 10.7. The van der Waals surface area contributed by atoms with Gasteiger partial charge in [0.15, 0.2) is 0 Å². The lowest BCUT2D eigenvalue weighted by Crippen LogP contribution is -2.31. The van der Waals surface area contributed by atoms with E-state index in [1.54, 1.807) is 16.6 Å². The number of aryl methyl sites for hydroxylation is 4. The largest absolute Gasteiger partial charge is 0.492 e. The van der Waals surface area contributed by atoms with Gasteiger partial charge in [-0.1, -0.05) is 6.07 Å². The van der Waals surface area contributed by atoms with Crippen molar-refractivity contribution in [1.82, 2.24) is 14.7 Å². The van der Waals surface area contributed by atoms with Crippen molar-refractivity contribution in [2.24, 2.45) is 7.05 Å². The maximum Gasteiger partial charge on any atom is 0.257 e. The molecule has 1 aromatic carbocycles. The molecule has 1 amide bonds. The lowest BCUT2D eigenvalue weighted by Gasteiger charge is -2.18. The quantitative estimate of drug-likeness (QED) is 0.852. The van der Waals surface area contributed by atoms with Crippen molar-refractivity contribution < 1.29 is 9.53 Å². The fraction of sp³-hybridized carbons (Fsp3) is 0.444. The minimum atomic E-state index is -0.0166. The van der Waals surface area contributed by atoms with Gasteiger partial charge < -0.3 is 9.64 Å². The van der Waals surface area contributed by atoms with Crippen molar-refractivity contribution in [2.45, 2.75) is 27.7 Å². The number of rotatable bonds is 5. The standard InChI is InChI=1S/C18H25N3O2/c1-12-9-13(2)11-16(10-12)23-8-7-20(5)18(22)17-14(3)19-21(6)15(17)4/h9-11H,7-8H2,1-6H3. The molecule has 0 fully saturated rings. The third-order valence-corrected chi connectivity index (χ3v) is 3.96. The zero-order chi connectivity index (χ0) is 17.1. The van der Waals surface area contributed by atoms with Crippen molar-refractivity contribution in [3.8, 4) is 5.75 Å². The monoisotopic (exact) mass is 315 g/mol. The molecule has 23 heavy (non-hydrogen) atoms. The summed E-state index contributed by atoms with van der Waals surface area (Å²) in [7, 11) is 3.64. The molecule has 2 aromatic rings. The zero-order valence-corrected chi connectivity index (χ0v) is 14.8. The predicted octanol–water partition coefficient (Wildman–Crippen LogP) is 2.80. The molecule has 0 saturated heterocycles. The van der Waals surface area contributed by atoms with Gasteiger partial charge in [-0.15, -0.1) is 0 Å². The Morgan fingerprint density at radius 1 is 1.17 bits per heavy atom. The number of ether oxygens (including phenoxy) is 1. The van der Waals surface area contributed by atoms with Crippen LogP contribution in [0.3, 0.4) is 0 Å². The summed E-state index contributed by atoms with van der Waals surface area (Å²) < 4.78 is 7.51. The Morgan fingerprint density at radius 3 is 2.30 bits per heavy atom. The number of likely N-dealkylation sites (N-methyl/N-ethyl adjacent to an activating group) is 1. The van der Waals surface area contributed by atoms with E-state index < -0.39 is 0 Å². The summed E-state index contributed by atoms with van der Waals surface area (Å²) in [6.45, 7) is 8.85. The molecule has 0 N–H and O–H groups in total. The molecule has 1 aromatic heterocycles. The van der Waals surface area contributed by atoms with E-state index in [4.69, 9.17) is 4.74 Å². The van der Waals surface area contributed by atoms with E-state index in [0.29, 0.717) is 18.7 Å². The van der Waals surface area contributed by atoms with Crippen LogP contribution < -0.4 is 4.74 Å². The lowest BCUT2D eigenvalue weighted by molar-refractivity contribution is 0.0772. The molecule has 0 atom stereocenters. The molecule has 0 bridgehead atoms. The second-order valence-corrected chi connectivity index (χ2v) is 6.07. The van der Waals surface area contributed by atoms with Crippen LogP contribution in [0.2, 0.25) is 0 Å². The van der Waals surface area contributed by atoms with E-state index in [2.05, 4.69) is 11.2 Å². The molecule has 1 heterocycles. The third-order valence-electron chi connectivity index (χ3n) is 3.96. The van der Waals surface area contributed by atoms with Gasteiger partial charge in [-0.05, 0) is 51.0 Å². The molecule has 0 radical (unpaired) electrons. The predicted molar refractivity (Wildman–Crippen MR) is 91.1 cm³/mol. The average molecular weight is 315 g/mol. The van der Waals surface area contributed by atoms with E-state index in [1.807, 2.05) is 46.9 Å². The fourth-order valence-corrected chi connectivity index (χ4v) is 2.69. The maximum atomic E-state index is 12.6. The number of hydrogen-bond donors (Lipinski definition) is 0. The number of nitrogens with zero attached hydrogens (tertiary/aromatic N) is 3. The van der Waals surface area contributed by atoms with Crippen molar-refractivity contribution in [1.29, 1.82) is 0 Å². The number of hydrogen-bond acceptors (Lipinski definition) is 3. The Balaban J connectivity index is 1.96. The molecule has 0 aliphatic rings. The Hall–Kier alpha value is -2.30. The number of carbonyl (C=O) groups is 1. The van der Waals surface area contributed by atoms with Crippen LogP contribution >= 0.6 is 0 Å². The Labute approximate surface area is 137 Å². The first kappa shape index (κ1) is 17.1. The summed E-state index contributed by atoms with van der Waals surface area (Å²) in [4.78, 5) is 14.2. The van der Waals surface area contributed by atoms with E-state index in [-0.39, 0.29) is 5.91 Å². The Kier molecular flexibility index (Phi) is 5.08. The van der Waals surface area contributed by atoms with E-state index in [9.17, 15) is 4.79 Å². The zero-order valence-electron chi connectivity index (χ0n) is 14.8. The van der Waals surface area contributed by atoms with Gasteiger partial charge in [-0.3, -0.25) is 9.48 Å². The van der Waals surface area contributed by atoms with Crippen LogP contribution in [-0.4, -0.2) is 40.8 Å². The van der Waals surface area contributed by atoms with Gasteiger partial charge in [0.05, 0.1) is 17.8 Å². The van der Waals surface area contributed by atoms with Gasteiger partial charge in [0.25, 0.3) is 5.91 Å². The van der Waals surface area contributed by atoms with Gasteiger partial charge >= 0.3 is 0 Å². The van der Waals surface area contributed by atoms with Crippen LogP contribution in [0.25, 0.3) is 0 Å². The second-order valence-electron chi connectivity index (χ2n) is 6.07. The van der Waals surface area contributed by atoms with Gasteiger partial charge in [-0.25, -0.2) is 0 Å². The molecule has 124 valence electrons. The summed E-state index contributed by atoms with van der Waals surface area (Å²) in [6.07, 6.45) is 0. The molecule has 0 unspecified atom stereocenters. The summed E-state index contributed by atoms with van der Waals surface area (Å²) >= 11 is 0. The fourth-order valence-electron chi connectivity index (χ4n) is 2.69. The van der Waals surface area contributed by atoms with Crippen LogP contribution in [0.5, 0.6) is 5.75 Å². The molecule has 0 aliphatic heterocycles. The average Bonchev–Trinajstić information content (AvgIpc) is 2.70. The summed E-state index contributed by atoms with van der Waals surface area (Å²) in [5, 5.41) is 4.30. The minimum Gasteiger partial charge on any atom is -0.492 e. The highest BCUT2D eigenvalue weighted by molar-refractivity contribution is 5.96. The molecular formula is C18H25N3O2. The van der Waals surface area contributed by atoms with Crippen LogP contribution in [0.1, 0.15) is 32.9 Å². The first-order chi connectivity index (χ1) is 10.8. The molecular weight excluding hydrogens is 290 g/mol. The van der Waals surface area contributed by atoms with Crippen molar-refractivity contribution in [3.63, 3.8) is 0 Å². The van der Waals surface area contributed by atoms with Crippen molar-refractivity contribution >= 4 is 5.91 Å². The minimum absolute atomic E-state index is 0.0166. The number of amides is 1. The summed E-state index contributed by atoms with van der Waals surface area (Å²) in [5.74, 6) is 0.828. The van der Waals surface area contributed by atoms with Crippen molar-refractivity contribution in [3.05, 3.63) is 46.3 Å². The first-order valence-electron chi connectivity index (χ1n) is 7.76. The van der Waals surface area contributed by atoms with Crippen LogP contribution in [-0.2, 0) is 7.05 Å². The van der Waals surface area contributed by atoms with Gasteiger partial charge in [0.2, 0.25) is 0 Å². The lowest BCUT2D eigenvalue weighted by atomic mass is 10.1. The van der Waals surface area contributed by atoms with E-state index in [0.717, 1.165) is 17.1 Å². The first-order valence-corrected chi connectivity index (χ1v) is 7.76. The van der Waals surface area contributed by atoms with Crippen LogP contribution in [0, 0.1) is 27.7 Å². The molecule has 0 aliphatic carbocycles. The molecule has 2 rings (SSSR count). The van der Waals surface area contributed by atoms with Gasteiger partial charge in [-0.2, -0.15) is 5.10 Å². The maximum absolute atomic E-state index is 12.6. The molecule has 5 nitrogen and oxygen atoms in total. The number of carbonyl (C=O) groups excluding carboxylic acids is 1. The molecule has 0 saturated carbocycles. The van der Waals surface area contributed by atoms with E-state index >= 15 is 0 Å². The van der Waals surface area contributed by atoms with Crippen molar-refractivity contribution in [2.75, 3.05) is 20.2 Å². The SMILES string of the molecule is Cc1cc(C)cc(OCCN(C)C(=O)c2c(C)nn(C)c2C)c1. The number of benzene rings is 1.